The fourth-order valence-electron chi connectivity index (χ4n) is 7.00. The van der Waals surface area contributed by atoms with Gasteiger partial charge in [0.2, 0.25) is 11.8 Å². The van der Waals surface area contributed by atoms with Gasteiger partial charge < -0.3 is 75.7 Å². The number of aliphatic hydroxyl groups is 5. The highest BCUT2D eigenvalue weighted by atomic mass is 32.2. The third-order valence-corrected chi connectivity index (χ3v) is 14.9. The summed E-state index contributed by atoms with van der Waals surface area (Å²) in [6.07, 6.45) is -7.56. The Morgan fingerprint density at radius 1 is 0.957 bits per heavy atom. The van der Waals surface area contributed by atoms with Gasteiger partial charge in [0, 0.05) is 43.5 Å². The summed E-state index contributed by atoms with van der Waals surface area (Å²) in [4.78, 5) is 88.5. The Kier molecular flexibility index (Phi) is 22.7. The number of imidazole rings is 1. The van der Waals surface area contributed by atoms with Crippen LogP contribution in [0.25, 0.3) is 11.2 Å². The van der Waals surface area contributed by atoms with E-state index in [1.54, 1.807) is 6.92 Å². The molecule has 400 valence electrons. The van der Waals surface area contributed by atoms with E-state index in [1.165, 1.54) is 13.8 Å². The van der Waals surface area contributed by atoms with Crippen molar-refractivity contribution >= 4 is 69.1 Å². The molecule has 2 amide bonds. The average Bonchev–Trinajstić information content (AvgIpc) is 3.82. The number of carbonyl (C=O) groups excluding carboxylic acids is 3. The number of thioether (sulfide) groups is 1. The van der Waals surface area contributed by atoms with Gasteiger partial charge in [-0.25, -0.2) is 28.6 Å². The summed E-state index contributed by atoms with van der Waals surface area (Å²) in [5.41, 5.74) is 4.21. The highest BCUT2D eigenvalue weighted by molar-refractivity contribution is 8.13. The van der Waals surface area contributed by atoms with Crippen molar-refractivity contribution < 1.29 is 105 Å². The van der Waals surface area contributed by atoms with Gasteiger partial charge in [-0.2, -0.15) is 4.31 Å². The molecule has 13 N–H and O–H groups in total. The van der Waals surface area contributed by atoms with Gasteiger partial charge >= 0.3 is 23.5 Å². The molecule has 0 radical (unpaired) electrons. The molecule has 13 atom stereocenters. The highest BCUT2D eigenvalue weighted by Crippen LogP contribution is 2.61. The SMILES string of the molecule is C[C@H](CCCCC[C@@H](O)CC(=O)SCCNC(=O)CCNC(=O)[C@H](O)C(C)(C)COP(=O)(O)OP(=O)(O)OC[C@H]1O[C@@H](n2cnc3c(N)ncnc32)[C@H](O)[C@@H]1OP(=O)(O)O)O[C@@H]1O[C@@H](C)[C@H](O)C[C@H]1O. The first kappa shape index (κ1) is 59.9. The summed E-state index contributed by atoms with van der Waals surface area (Å²) in [6.45, 7) is 3.83. The van der Waals surface area contributed by atoms with Gasteiger partial charge in [-0.05, 0) is 26.7 Å². The molecule has 2 aromatic heterocycles. The van der Waals surface area contributed by atoms with Crippen molar-refractivity contribution in [1.29, 1.82) is 0 Å². The number of nitrogen functional groups attached to an aromatic ring is 1. The van der Waals surface area contributed by atoms with Gasteiger partial charge in [-0.15, -0.1) is 0 Å². The lowest BCUT2D eigenvalue weighted by Crippen LogP contribution is -2.48. The molecule has 29 nitrogen and oxygen atoms in total. The number of unbranched alkanes of at least 4 members (excludes halogenated alkanes) is 2. The summed E-state index contributed by atoms with van der Waals surface area (Å²) < 4.78 is 73.7. The van der Waals surface area contributed by atoms with Crippen LogP contribution in [-0.2, 0) is 60.2 Å². The number of nitrogens with zero attached hydrogens (tertiary/aromatic N) is 4. The number of ether oxygens (including phenoxy) is 3. The van der Waals surface area contributed by atoms with E-state index in [0.29, 0.717) is 19.3 Å². The van der Waals surface area contributed by atoms with Crippen LogP contribution >= 0.6 is 35.2 Å². The zero-order chi connectivity index (χ0) is 52.2. The van der Waals surface area contributed by atoms with Gasteiger partial charge in [-0.3, -0.25) is 32.5 Å². The third-order valence-electron chi connectivity index (χ3n) is 10.9. The second-order valence-corrected chi connectivity index (χ2v) is 22.7. The summed E-state index contributed by atoms with van der Waals surface area (Å²) in [5, 5.41) is 56.4. The minimum atomic E-state index is -5.60. The lowest BCUT2D eigenvalue weighted by molar-refractivity contribution is -0.273. The predicted octanol–water partition coefficient (Wildman–Crippen LogP) is -0.372. The molecule has 4 rings (SSSR count). The average molecular weight is 1080 g/mol. The summed E-state index contributed by atoms with van der Waals surface area (Å²) in [6, 6.07) is 0. The molecular weight excluding hydrogens is 1020 g/mol. The lowest BCUT2D eigenvalue weighted by atomic mass is 9.87. The Morgan fingerprint density at radius 2 is 1.64 bits per heavy atom. The van der Waals surface area contributed by atoms with Crippen molar-refractivity contribution in [3.8, 4) is 0 Å². The Balaban J connectivity index is 1.09. The normalized spacial score (nSPS) is 26.2. The second-order valence-electron chi connectivity index (χ2n) is 17.3. The number of aliphatic hydroxyl groups excluding tert-OH is 5. The zero-order valence-corrected chi connectivity index (χ0v) is 42.1. The quantitative estimate of drug-likeness (QED) is 0.0365. The number of nitrogens with two attached hydrogens (primary N) is 1. The highest BCUT2D eigenvalue weighted by Gasteiger charge is 2.50. The van der Waals surface area contributed by atoms with Crippen LogP contribution < -0.4 is 16.4 Å². The van der Waals surface area contributed by atoms with E-state index in [4.69, 9.17) is 29.0 Å². The Hall–Kier alpha value is -2.64. The lowest BCUT2D eigenvalue weighted by Gasteiger charge is -2.36. The molecule has 2 aliphatic heterocycles. The Labute approximate surface area is 405 Å². The molecule has 4 heterocycles. The molecule has 2 saturated heterocycles. The molecule has 0 spiro atoms. The van der Waals surface area contributed by atoms with E-state index in [1.807, 2.05) is 6.92 Å². The molecular formula is C37H64N7O22P3S. The van der Waals surface area contributed by atoms with Gasteiger partial charge in [0.1, 0.15) is 42.4 Å². The van der Waals surface area contributed by atoms with E-state index < -0.39 is 115 Å². The number of fused-ring (bicyclic) bond motifs is 1. The van der Waals surface area contributed by atoms with Crippen LogP contribution in [0, 0.1) is 5.41 Å². The van der Waals surface area contributed by atoms with Crippen LogP contribution in [0.1, 0.15) is 85.3 Å². The van der Waals surface area contributed by atoms with Crippen LogP contribution in [0.15, 0.2) is 12.7 Å². The number of amides is 2. The number of carbonyl (C=O) groups is 3. The molecule has 70 heavy (non-hydrogen) atoms. The minimum absolute atomic E-state index is 0.0188. The van der Waals surface area contributed by atoms with Gasteiger partial charge in [0.05, 0.1) is 44.0 Å². The van der Waals surface area contributed by atoms with Crippen molar-refractivity contribution in [3.05, 3.63) is 12.7 Å². The first-order valence-corrected chi connectivity index (χ1v) is 27.5. The maximum Gasteiger partial charge on any atom is 0.481 e. The van der Waals surface area contributed by atoms with E-state index in [2.05, 4.69) is 34.4 Å². The number of phosphoric ester groups is 3. The third kappa shape index (κ3) is 19.0. The number of hydrogen-bond donors (Lipinski definition) is 12. The molecule has 0 saturated carbocycles. The van der Waals surface area contributed by atoms with Gasteiger partial charge in [-0.1, -0.05) is 44.9 Å². The largest absolute Gasteiger partial charge is 0.481 e. The van der Waals surface area contributed by atoms with E-state index in [9.17, 15) is 73.2 Å². The number of nitrogens with one attached hydrogen (secondary N) is 2. The first-order valence-electron chi connectivity index (χ1n) is 22.0. The Bertz CT molecular complexity index is 2190. The molecule has 0 bridgehead atoms. The molecule has 2 unspecified atom stereocenters. The van der Waals surface area contributed by atoms with Gasteiger partial charge in [0.15, 0.2) is 29.1 Å². The van der Waals surface area contributed by atoms with Crippen molar-refractivity contribution in [1.82, 2.24) is 30.2 Å². The van der Waals surface area contributed by atoms with Crippen molar-refractivity contribution in [2.24, 2.45) is 5.41 Å². The number of rotatable bonds is 29. The van der Waals surface area contributed by atoms with Crippen LogP contribution in [0.5, 0.6) is 0 Å². The summed E-state index contributed by atoms with van der Waals surface area (Å²) >= 11 is 0.939. The van der Waals surface area contributed by atoms with E-state index in [0.717, 1.165) is 41.8 Å². The standard InChI is InChI=1S/C37H64N7O22P3S/c1-20(62-36-24(47)15-23(46)21(2)63-36)8-6-5-7-9-22(45)14-27(49)70-13-12-39-26(48)10-11-40-34(52)31(51)37(3,4)17-61-69(58,59)66-68(56,57)60-16-25-30(65-67(53,54)55)29(50)35(64-25)44-19-43-28-32(38)41-18-42-33(28)44/h18-25,29-31,35-36,45-47,50-51H,5-17H2,1-4H3,(H,39,48)(H,40,52)(H,56,57)(H,58,59)(H2,38,41,42)(H2,53,54,55)/t20-,21+,22-,23-,24-,25-,29-,30-,31+,35-,36-/m1/s1. The zero-order valence-electron chi connectivity index (χ0n) is 38.6. The first-order chi connectivity index (χ1) is 32.6. The van der Waals surface area contributed by atoms with Crippen LogP contribution in [-0.4, -0.2) is 175 Å². The maximum absolute atomic E-state index is 12.7. The van der Waals surface area contributed by atoms with Crippen molar-refractivity contribution in [2.75, 3.05) is 37.8 Å². The fourth-order valence-corrected chi connectivity index (χ4v) is 10.6. The van der Waals surface area contributed by atoms with Crippen molar-refractivity contribution in [3.63, 3.8) is 0 Å². The molecule has 33 heteroatoms. The fraction of sp³-hybridized carbons (Fsp3) is 0.784. The van der Waals surface area contributed by atoms with Crippen LogP contribution in [0.4, 0.5) is 5.82 Å². The molecule has 0 aliphatic carbocycles. The Morgan fingerprint density at radius 3 is 2.34 bits per heavy atom. The minimum Gasteiger partial charge on any atom is -0.393 e. The monoisotopic (exact) mass is 1080 g/mol. The predicted molar refractivity (Wildman–Crippen MR) is 242 cm³/mol. The van der Waals surface area contributed by atoms with Gasteiger partial charge in [0.25, 0.3) is 0 Å². The second kappa shape index (κ2) is 26.5. The van der Waals surface area contributed by atoms with Crippen LogP contribution in [0.2, 0.25) is 0 Å². The summed E-state index contributed by atoms with van der Waals surface area (Å²) in [7, 11) is -16.5. The molecule has 2 aromatic rings. The molecule has 2 fully saturated rings. The topological polar surface area (TPSA) is 443 Å². The number of anilines is 1. The van der Waals surface area contributed by atoms with E-state index in [-0.39, 0.29) is 66.3 Å². The number of phosphoric acid groups is 3. The van der Waals surface area contributed by atoms with Crippen molar-refractivity contribution in [2.45, 2.75) is 147 Å². The number of aromatic nitrogens is 4. The smallest absolute Gasteiger partial charge is 0.393 e. The van der Waals surface area contributed by atoms with Crippen LogP contribution in [0.3, 0.4) is 0 Å². The molecule has 0 aromatic carbocycles. The van der Waals surface area contributed by atoms with E-state index >= 15 is 0 Å². The summed E-state index contributed by atoms with van der Waals surface area (Å²) in [5.74, 6) is -1.35. The molecule has 2 aliphatic rings. The number of hydrogen-bond acceptors (Lipinski definition) is 23. The maximum atomic E-state index is 12.7.